The average Bonchev–Trinajstić information content (AvgIpc) is 2.46. The van der Waals surface area contributed by atoms with Crippen molar-refractivity contribution in [1.82, 2.24) is 4.98 Å². The lowest BCUT2D eigenvalue weighted by Crippen LogP contribution is -2.23. The third-order valence-corrected chi connectivity index (χ3v) is 5.39. The maximum atomic E-state index is 12.2. The fraction of sp³-hybridized carbons (Fsp3) is 0.333. The molecule has 21 heavy (non-hydrogen) atoms. The molecule has 0 spiro atoms. The van der Waals surface area contributed by atoms with Crippen LogP contribution in [0.25, 0.3) is 10.9 Å². The van der Waals surface area contributed by atoms with E-state index in [-0.39, 0.29) is 12.2 Å². The first-order valence-corrected chi connectivity index (χ1v) is 8.27. The molecule has 0 aliphatic carbocycles. The van der Waals surface area contributed by atoms with E-state index in [1.807, 2.05) is 30.3 Å². The minimum absolute atomic E-state index is 0.146. The van der Waals surface area contributed by atoms with Crippen molar-refractivity contribution in [2.75, 3.05) is 7.11 Å². The van der Waals surface area contributed by atoms with Crippen LogP contribution in [0, 0.1) is 0 Å². The lowest BCUT2D eigenvalue weighted by molar-refractivity contribution is -0.140. The highest BCUT2D eigenvalue weighted by atomic mass is 32.2. The van der Waals surface area contributed by atoms with Crippen molar-refractivity contribution in [2.45, 2.75) is 24.3 Å². The molecule has 1 atom stereocenters. The predicted octanol–water partition coefficient (Wildman–Crippen LogP) is 2.10. The third-order valence-electron chi connectivity index (χ3n) is 3.30. The normalized spacial score (nSPS) is 13.0. The van der Waals surface area contributed by atoms with Crippen LogP contribution in [0.1, 0.15) is 19.0 Å². The van der Waals surface area contributed by atoms with Crippen LogP contribution in [0.2, 0.25) is 0 Å². The Morgan fingerprint density at radius 1 is 1.24 bits per heavy atom. The zero-order chi connectivity index (χ0) is 15.5. The van der Waals surface area contributed by atoms with E-state index in [1.54, 1.807) is 6.07 Å². The molecule has 1 aromatic heterocycles. The number of methoxy groups -OCH3 is 1. The molecule has 6 heteroatoms. The van der Waals surface area contributed by atoms with Crippen molar-refractivity contribution in [1.29, 1.82) is 0 Å². The summed E-state index contributed by atoms with van der Waals surface area (Å²) < 4.78 is 29.0. The average molecular weight is 307 g/mol. The summed E-state index contributed by atoms with van der Waals surface area (Å²) in [6, 6.07) is 11.1. The molecule has 0 radical (unpaired) electrons. The Morgan fingerprint density at radius 2 is 1.95 bits per heavy atom. The quantitative estimate of drug-likeness (QED) is 0.791. The second-order valence-corrected chi connectivity index (χ2v) is 7.31. The first kappa shape index (κ1) is 15.4. The summed E-state index contributed by atoms with van der Waals surface area (Å²) in [6.45, 7) is 1.51. The highest BCUT2D eigenvalue weighted by molar-refractivity contribution is 7.91. The number of hydrogen-bond acceptors (Lipinski definition) is 5. The van der Waals surface area contributed by atoms with Gasteiger partial charge >= 0.3 is 5.97 Å². The van der Waals surface area contributed by atoms with E-state index in [0.717, 1.165) is 10.9 Å². The Morgan fingerprint density at radius 3 is 2.67 bits per heavy atom. The molecule has 2 aromatic rings. The molecule has 0 aliphatic rings. The molecule has 0 amide bonds. The van der Waals surface area contributed by atoms with Gasteiger partial charge in [-0.2, -0.15) is 0 Å². The number of benzene rings is 1. The molecular formula is C15H17NO4S. The van der Waals surface area contributed by atoms with Gasteiger partial charge in [0.2, 0.25) is 0 Å². The maximum Gasteiger partial charge on any atom is 0.306 e. The van der Waals surface area contributed by atoms with Crippen LogP contribution in [0.3, 0.4) is 0 Å². The van der Waals surface area contributed by atoms with E-state index >= 15 is 0 Å². The van der Waals surface area contributed by atoms with E-state index in [1.165, 1.54) is 14.0 Å². The summed E-state index contributed by atoms with van der Waals surface area (Å²) in [5, 5.41) is 0.166. The number of fused-ring (bicyclic) bond motifs is 1. The summed E-state index contributed by atoms with van der Waals surface area (Å²) in [5.74, 6) is -0.715. The summed E-state index contributed by atoms with van der Waals surface area (Å²) in [5.41, 5.74) is 1.23. The van der Waals surface area contributed by atoms with Gasteiger partial charge in [0.25, 0.3) is 0 Å². The number of pyridine rings is 1. The fourth-order valence-electron chi connectivity index (χ4n) is 1.98. The van der Waals surface area contributed by atoms with E-state index in [9.17, 15) is 13.2 Å². The Kier molecular flexibility index (Phi) is 4.57. The van der Waals surface area contributed by atoms with Crippen molar-refractivity contribution >= 4 is 26.7 Å². The number of hydrogen-bond donors (Lipinski definition) is 0. The zero-order valence-electron chi connectivity index (χ0n) is 11.9. The van der Waals surface area contributed by atoms with Gasteiger partial charge in [0, 0.05) is 5.39 Å². The molecule has 0 bridgehead atoms. The molecule has 0 saturated carbocycles. The van der Waals surface area contributed by atoms with E-state index in [2.05, 4.69) is 9.72 Å². The molecule has 2 rings (SSSR count). The largest absolute Gasteiger partial charge is 0.469 e. The van der Waals surface area contributed by atoms with Crippen LogP contribution in [-0.4, -0.2) is 31.7 Å². The number of rotatable bonds is 5. The van der Waals surface area contributed by atoms with Gasteiger partial charge in [0.1, 0.15) is 0 Å². The number of carbonyl (C=O) groups is 1. The first-order valence-electron chi connectivity index (χ1n) is 6.55. The first-order chi connectivity index (χ1) is 9.92. The fourth-order valence-corrected chi connectivity index (χ4v) is 3.23. The Hall–Kier alpha value is -1.95. The summed E-state index contributed by atoms with van der Waals surface area (Å²) in [4.78, 5) is 15.5. The van der Waals surface area contributed by atoms with Gasteiger partial charge in [-0.05, 0) is 19.1 Å². The van der Waals surface area contributed by atoms with Crippen LogP contribution in [0.5, 0.6) is 0 Å². The topological polar surface area (TPSA) is 73.3 Å². The van der Waals surface area contributed by atoms with Gasteiger partial charge in [-0.1, -0.05) is 24.3 Å². The lowest BCUT2D eigenvalue weighted by Gasteiger charge is -2.11. The van der Waals surface area contributed by atoms with Crippen molar-refractivity contribution in [3.63, 3.8) is 0 Å². The molecule has 1 heterocycles. The maximum absolute atomic E-state index is 12.2. The number of nitrogens with zero attached hydrogens (tertiary/aromatic N) is 1. The Balaban J connectivity index is 2.20. The number of sulfone groups is 1. The molecule has 0 N–H and O–H groups in total. The minimum atomic E-state index is -3.45. The summed E-state index contributed by atoms with van der Waals surface area (Å²) in [6.07, 6.45) is -0.146. The third kappa shape index (κ3) is 3.78. The summed E-state index contributed by atoms with van der Waals surface area (Å²) in [7, 11) is -2.21. The molecule has 1 aromatic carbocycles. The van der Waals surface area contributed by atoms with Crippen molar-refractivity contribution < 1.29 is 17.9 Å². The molecule has 5 nitrogen and oxygen atoms in total. The van der Waals surface area contributed by atoms with E-state index in [0.29, 0.717) is 5.69 Å². The standard InChI is InChI=1S/C15H17NO4S/c1-11(9-15(17)20-2)21(18,19)10-13-8-7-12-5-3-4-6-14(12)16-13/h3-8,11H,9-10H2,1-2H3. The van der Waals surface area contributed by atoms with E-state index < -0.39 is 21.1 Å². The van der Waals surface area contributed by atoms with Crippen molar-refractivity contribution in [3.05, 3.63) is 42.1 Å². The van der Waals surface area contributed by atoms with Gasteiger partial charge in [0.15, 0.2) is 9.84 Å². The molecule has 0 saturated heterocycles. The van der Waals surface area contributed by atoms with Crippen LogP contribution in [0.15, 0.2) is 36.4 Å². The lowest BCUT2D eigenvalue weighted by atomic mass is 10.2. The molecular weight excluding hydrogens is 290 g/mol. The number of carbonyl (C=O) groups excluding carboxylic acids is 1. The second-order valence-electron chi connectivity index (χ2n) is 4.89. The van der Waals surface area contributed by atoms with Crippen molar-refractivity contribution in [3.8, 4) is 0 Å². The summed E-state index contributed by atoms with van der Waals surface area (Å²) >= 11 is 0. The van der Waals surface area contributed by atoms with Gasteiger partial charge in [-0.3, -0.25) is 9.78 Å². The highest BCUT2D eigenvalue weighted by Crippen LogP contribution is 2.16. The molecule has 0 aliphatic heterocycles. The van der Waals surface area contributed by atoms with Crippen LogP contribution in [0.4, 0.5) is 0 Å². The van der Waals surface area contributed by atoms with Crippen LogP contribution < -0.4 is 0 Å². The Labute approximate surface area is 123 Å². The monoisotopic (exact) mass is 307 g/mol. The number of para-hydroxylation sites is 1. The molecule has 1 unspecified atom stereocenters. The predicted molar refractivity (Wildman–Crippen MR) is 80.5 cm³/mol. The number of ether oxygens (including phenoxy) is 1. The van der Waals surface area contributed by atoms with Gasteiger partial charge in [-0.15, -0.1) is 0 Å². The molecule has 112 valence electrons. The van der Waals surface area contributed by atoms with Gasteiger partial charge in [0.05, 0.1) is 35.7 Å². The van der Waals surface area contributed by atoms with Crippen LogP contribution in [-0.2, 0) is 25.1 Å². The SMILES string of the molecule is COC(=O)CC(C)S(=O)(=O)Cc1ccc2ccccc2n1. The zero-order valence-corrected chi connectivity index (χ0v) is 12.8. The van der Waals surface area contributed by atoms with E-state index in [4.69, 9.17) is 0 Å². The molecule has 0 fully saturated rings. The number of esters is 1. The Bertz CT molecular complexity index is 755. The highest BCUT2D eigenvalue weighted by Gasteiger charge is 2.24. The van der Waals surface area contributed by atoms with Gasteiger partial charge in [-0.25, -0.2) is 8.42 Å². The minimum Gasteiger partial charge on any atom is -0.469 e. The van der Waals surface area contributed by atoms with Crippen molar-refractivity contribution in [2.24, 2.45) is 0 Å². The second kappa shape index (κ2) is 6.22. The smallest absolute Gasteiger partial charge is 0.306 e. The number of aromatic nitrogens is 1. The van der Waals surface area contributed by atoms with Crippen LogP contribution >= 0.6 is 0 Å². The van der Waals surface area contributed by atoms with Gasteiger partial charge < -0.3 is 4.74 Å².